The van der Waals surface area contributed by atoms with Crippen LogP contribution in [0, 0.1) is 19.7 Å². The summed E-state index contributed by atoms with van der Waals surface area (Å²) in [7, 11) is 0. The first kappa shape index (κ1) is 23.8. The normalized spacial score (nSPS) is 13.9. The van der Waals surface area contributed by atoms with Crippen molar-refractivity contribution in [3.8, 4) is 11.4 Å². The van der Waals surface area contributed by atoms with Crippen LogP contribution in [-0.4, -0.2) is 37.1 Å². The minimum absolute atomic E-state index is 0.244. The SMILES string of the molecule is Cc1cc(C=Nc2ccc(N3CCOCC3)cc2)c(C)n1-c1ccc(OCc2ccc(F)cc2)cc1. The molecule has 0 aliphatic carbocycles. The third-order valence-corrected chi connectivity index (χ3v) is 6.46. The Hall–Kier alpha value is -3.90. The highest BCUT2D eigenvalue weighted by atomic mass is 19.1. The highest BCUT2D eigenvalue weighted by Crippen LogP contribution is 2.24. The maximum Gasteiger partial charge on any atom is 0.123 e. The Bertz CT molecular complexity index is 1320. The summed E-state index contributed by atoms with van der Waals surface area (Å²) in [5.41, 5.74) is 7.48. The molecule has 5 nitrogen and oxygen atoms in total. The Kier molecular flexibility index (Phi) is 7.14. The van der Waals surface area contributed by atoms with E-state index in [0.29, 0.717) is 6.61 Å². The predicted molar refractivity (Wildman–Crippen MR) is 143 cm³/mol. The molecule has 0 N–H and O–H groups in total. The predicted octanol–water partition coefficient (Wildman–Crippen LogP) is 6.40. The van der Waals surface area contributed by atoms with E-state index in [4.69, 9.17) is 14.5 Å². The quantitative estimate of drug-likeness (QED) is 0.286. The fourth-order valence-corrected chi connectivity index (χ4v) is 4.47. The lowest BCUT2D eigenvalue weighted by molar-refractivity contribution is 0.122. The van der Waals surface area contributed by atoms with Crippen molar-refractivity contribution in [2.75, 3.05) is 31.2 Å². The van der Waals surface area contributed by atoms with E-state index in [-0.39, 0.29) is 5.82 Å². The van der Waals surface area contributed by atoms with Crippen molar-refractivity contribution in [3.63, 3.8) is 0 Å². The number of rotatable bonds is 7. The summed E-state index contributed by atoms with van der Waals surface area (Å²) in [5, 5.41) is 0. The minimum Gasteiger partial charge on any atom is -0.489 e. The molecule has 1 aliphatic heterocycles. The topological polar surface area (TPSA) is 39.0 Å². The lowest BCUT2D eigenvalue weighted by atomic mass is 10.2. The fourth-order valence-electron chi connectivity index (χ4n) is 4.47. The number of aromatic nitrogens is 1. The number of halogens is 1. The molecule has 3 aromatic carbocycles. The third-order valence-electron chi connectivity index (χ3n) is 6.46. The monoisotopic (exact) mass is 483 g/mol. The van der Waals surface area contributed by atoms with Gasteiger partial charge in [-0.3, -0.25) is 4.99 Å². The average Bonchev–Trinajstić information content (AvgIpc) is 3.21. The molecule has 2 heterocycles. The number of aryl methyl sites for hydroxylation is 1. The zero-order chi connectivity index (χ0) is 24.9. The van der Waals surface area contributed by atoms with E-state index in [1.54, 1.807) is 12.1 Å². The Labute approximate surface area is 211 Å². The number of ether oxygens (including phenoxy) is 2. The number of hydrogen-bond donors (Lipinski definition) is 0. The molecule has 36 heavy (non-hydrogen) atoms. The number of hydrogen-bond acceptors (Lipinski definition) is 4. The molecule has 184 valence electrons. The van der Waals surface area contributed by atoms with Gasteiger partial charge in [-0.15, -0.1) is 0 Å². The van der Waals surface area contributed by atoms with Crippen LogP contribution in [0.2, 0.25) is 0 Å². The molecule has 0 amide bonds. The number of anilines is 1. The summed E-state index contributed by atoms with van der Waals surface area (Å²) in [5.74, 6) is 0.527. The molecule has 0 spiro atoms. The second kappa shape index (κ2) is 10.8. The summed E-state index contributed by atoms with van der Waals surface area (Å²) in [6.07, 6.45) is 1.93. The molecule has 0 unspecified atom stereocenters. The number of aliphatic imine (C=N–C) groups is 1. The fraction of sp³-hybridized carbons (Fsp3) is 0.233. The Morgan fingerprint density at radius 3 is 2.25 bits per heavy atom. The molecule has 1 fully saturated rings. The van der Waals surface area contributed by atoms with Gasteiger partial charge in [0, 0.05) is 47.6 Å². The van der Waals surface area contributed by atoms with Gasteiger partial charge in [0.05, 0.1) is 18.9 Å². The van der Waals surface area contributed by atoms with Gasteiger partial charge in [0.2, 0.25) is 0 Å². The van der Waals surface area contributed by atoms with Crippen LogP contribution in [0.25, 0.3) is 5.69 Å². The van der Waals surface area contributed by atoms with Crippen LogP contribution in [0.5, 0.6) is 5.75 Å². The Balaban J connectivity index is 1.25. The zero-order valence-electron chi connectivity index (χ0n) is 20.7. The smallest absolute Gasteiger partial charge is 0.123 e. The molecule has 1 aliphatic rings. The minimum atomic E-state index is -0.244. The second-order valence-electron chi connectivity index (χ2n) is 8.94. The highest BCUT2D eigenvalue weighted by Gasteiger charge is 2.12. The van der Waals surface area contributed by atoms with Crippen LogP contribution >= 0.6 is 0 Å². The molecule has 5 rings (SSSR count). The Morgan fingerprint density at radius 1 is 0.889 bits per heavy atom. The van der Waals surface area contributed by atoms with Gasteiger partial charge in [0.15, 0.2) is 0 Å². The van der Waals surface area contributed by atoms with Crippen molar-refractivity contribution in [1.82, 2.24) is 4.57 Å². The molecule has 6 heteroatoms. The van der Waals surface area contributed by atoms with Crippen LogP contribution in [0.4, 0.5) is 15.8 Å². The van der Waals surface area contributed by atoms with E-state index in [1.165, 1.54) is 17.8 Å². The number of morpholine rings is 1. The molecule has 4 aromatic rings. The van der Waals surface area contributed by atoms with Gasteiger partial charge in [-0.1, -0.05) is 12.1 Å². The van der Waals surface area contributed by atoms with Crippen molar-refractivity contribution in [2.24, 2.45) is 4.99 Å². The lowest BCUT2D eigenvalue weighted by Crippen LogP contribution is -2.36. The summed E-state index contributed by atoms with van der Waals surface area (Å²) in [4.78, 5) is 7.06. The van der Waals surface area contributed by atoms with Crippen LogP contribution in [0.3, 0.4) is 0 Å². The van der Waals surface area contributed by atoms with Gasteiger partial charge in [0.25, 0.3) is 0 Å². The first-order chi connectivity index (χ1) is 17.6. The lowest BCUT2D eigenvalue weighted by Gasteiger charge is -2.28. The number of nitrogens with zero attached hydrogens (tertiary/aromatic N) is 3. The molecule has 0 saturated carbocycles. The van der Waals surface area contributed by atoms with E-state index in [9.17, 15) is 4.39 Å². The van der Waals surface area contributed by atoms with Gasteiger partial charge < -0.3 is 18.9 Å². The second-order valence-corrected chi connectivity index (χ2v) is 8.94. The first-order valence-electron chi connectivity index (χ1n) is 12.2. The van der Waals surface area contributed by atoms with Crippen molar-refractivity contribution in [1.29, 1.82) is 0 Å². The summed E-state index contributed by atoms with van der Waals surface area (Å²) in [6.45, 7) is 8.01. The van der Waals surface area contributed by atoms with E-state index >= 15 is 0 Å². The summed E-state index contributed by atoms with van der Waals surface area (Å²) in [6, 6.07) is 24.9. The Morgan fingerprint density at radius 2 is 1.56 bits per heavy atom. The van der Waals surface area contributed by atoms with Crippen LogP contribution in [0.15, 0.2) is 83.9 Å². The van der Waals surface area contributed by atoms with E-state index < -0.39 is 0 Å². The van der Waals surface area contributed by atoms with Gasteiger partial charge in [-0.25, -0.2) is 4.39 Å². The summed E-state index contributed by atoms with van der Waals surface area (Å²) < 4.78 is 26.6. The van der Waals surface area contributed by atoms with Crippen LogP contribution in [-0.2, 0) is 11.3 Å². The maximum absolute atomic E-state index is 13.1. The third kappa shape index (κ3) is 5.50. The van der Waals surface area contributed by atoms with Crippen LogP contribution in [0.1, 0.15) is 22.5 Å². The van der Waals surface area contributed by atoms with Crippen molar-refractivity contribution >= 4 is 17.6 Å². The maximum atomic E-state index is 13.1. The van der Waals surface area contributed by atoms with Crippen molar-refractivity contribution in [3.05, 3.63) is 107 Å². The molecule has 1 saturated heterocycles. The molecular formula is C30H30FN3O2. The first-order valence-corrected chi connectivity index (χ1v) is 12.2. The highest BCUT2D eigenvalue weighted by molar-refractivity contribution is 5.84. The van der Waals surface area contributed by atoms with E-state index in [0.717, 1.165) is 65.9 Å². The van der Waals surface area contributed by atoms with Gasteiger partial charge in [0.1, 0.15) is 18.2 Å². The molecule has 0 radical (unpaired) electrons. The van der Waals surface area contributed by atoms with Crippen molar-refractivity contribution < 1.29 is 13.9 Å². The average molecular weight is 484 g/mol. The molecule has 0 bridgehead atoms. The van der Waals surface area contributed by atoms with E-state index in [2.05, 4.69) is 53.6 Å². The largest absolute Gasteiger partial charge is 0.489 e. The van der Waals surface area contributed by atoms with Crippen molar-refractivity contribution in [2.45, 2.75) is 20.5 Å². The van der Waals surface area contributed by atoms with Gasteiger partial charge in [-0.2, -0.15) is 0 Å². The van der Waals surface area contributed by atoms with Gasteiger partial charge >= 0.3 is 0 Å². The number of benzene rings is 3. The standard InChI is InChI=1S/C30H30FN3O2/c1-22-19-25(20-32-27-7-9-28(10-8-27)33-15-17-35-18-16-33)23(2)34(22)29-11-13-30(14-12-29)36-21-24-3-5-26(31)6-4-24/h3-14,19-20H,15-18,21H2,1-2H3. The summed E-state index contributed by atoms with van der Waals surface area (Å²) >= 11 is 0. The molecule has 1 aromatic heterocycles. The zero-order valence-corrected chi connectivity index (χ0v) is 20.7. The molecule has 0 atom stereocenters. The van der Waals surface area contributed by atoms with E-state index in [1.807, 2.05) is 30.5 Å². The molecular weight excluding hydrogens is 453 g/mol. The van der Waals surface area contributed by atoms with Gasteiger partial charge in [-0.05, 0) is 86.1 Å². The van der Waals surface area contributed by atoms with Crippen LogP contribution < -0.4 is 9.64 Å².